The highest BCUT2D eigenvalue weighted by atomic mass is 32.1. The van der Waals surface area contributed by atoms with Crippen LogP contribution < -0.4 is 16.8 Å². The molecule has 1 unspecified atom stereocenters. The Kier molecular flexibility index (Phi) is 5.55. The van der Waals surface area contributed by atoms with Crippen molar-refractivity contribution in [2.45, 2.75) is 46.5 Å². The minimum Gasteiger partial charge on any atom is -0.397 e. The van der Waals surface area contributed by atoms with Crippen molar-refractivity contribution in [2.24, 2.45) is 17.6 Å². The molecule has 1 aliphatic rings. The third kappa shape index (κ3) is 3.81. The summed E-state index contributed by atoms with van der Waals surface area (Å²) in [6, 6.07) is 3.90. The fraction of sp³-hybridized carbons (Fsp3) is 0.409. The van der Waals surface area contributed by atoms with E-state index in [1.165, 1.54) is 22.7 Å². The topological polar surface area (TPSA) is 111 Å². The fourth-order valence-corrected chi connectivity index (χ4v) is 6.41. The molecule has 3 aromatic rings. The van der Waals surface area contributed by atoms with Gasteiger partial charge in [-0.3, -0.25) is 9.59 Å². The molecule has 0 bridgehead atoms. The number of nitrogen functional groups attached to an aromatic ring is 1. The van der Waals surface area contributed by atoms with Gasteiger partial charge in [0.25, 0.3) is 11.8 Å². The number of nitrogens with zero attached hydrogens (tertiary/aromatic N) is 1. The maximum atomic E-state index is 13.1. The summed E-state index contributed by atoms with van der Waals surface area (Å²) in [4.78, 5) is 32.2. The van der Waals surface area contributed by atoms with Crippen LogP contribution in [-0.4, -0.2) is 16.8 Å². The third-order valence-electron chi connectivity index (χ3n) is 5.46. The van der Waals surface area contributed by atoms with E-state index in [-0.39, 0.29) is 5.91 Å². The van der Waals surface area contributed by atoms with Crippen LogP contribution in [0.1, 0.15) is 63.4 Å². The Labute approximate surface area is 183 Å². The predicted octanol–water partition coefficient (Wildman–Crippen LogP) is 4.61. The highest BCUT2D eigenvalue weighted by Gasteiger charge is 2.28. The molecule has 0 saturated heterocycles. The Morgan fingerprint density at radius 2 is 2.07 bits per heavy atom. The number of aromatic nitrogens is 1. The second-order valence-corrected chi connectivity index (χ2v) is 10.6. The third-order valence-corrected chi connectivity index (χ3v) is 7.74. The largest absolute Gasteiger partial charge is 0.397 e. The minimum absolute atomic E-state index is 0.324. The second kappa shape index (κ2) is 8.00. The number of amides is 2. The Morgan fingerprint density at radius 3 is 2.77 bits per heavy atom. The zero-order valence-corrected chi connectivity index (χ0v) is 19.0. The Hall–Kier alpha value is -2.45. The van der Waals surface area contributed by atoms with Crippen molar-refractivity contribution < 1.29 is 9.59 Å². The van der Waals surface area contributed by atoms with Gasteiger partial charge in [0.2, 0.25) is 0 Å². The lowest BCUT2D eigenvalue weighted by Gasteiger charge is -2.18. The molecular formula is C22H26N4O2S2. The lowest BCUT2D eigenvalue weighted by molar-refractivity contribution is 0.1000. The quantitative estimate of drug-likeness (QED) is 0.535. The average molecular weight is 443 g/mol. The van der Waals surface area contributed by atoms with Gasteiger partial charge in [-0.05, 0) is 55.2 Å². The standard InChI is InChI=1S/C22H26N4O2S2/c1-10(2)8-12-5-7-14-17(23)18(30-21(14)25-12)20(28)26-22-16(19(24)27)13-6-4-11(3)9-15(13)29-22/h5,7,10-11H,4,6,8-9,23H2,1-3H3,(H2,24,27)(H,26,28). The summed E-state index contributed by atoms with van der Waals surface area (Å²) < 4.78 is 0. The van der Waals surface area contributed by atoms with E-state index < -0.39 is 5.91 Å². The van der Waals surface area contributed by atoms with Gasteiger partial charge in [0, 0.05) is 16.0 Å². The lowest BCUT2D eigenvalue weighted by atomic mass is 9.88. The number of thiophene rings is 2. The molecular weight excluding hydrogens is 416 g/mol. The predicted molar refractivity (Wildman–Crippen MR) is 125 cm³/mol. The number of rotatable bonds is 5. The van der Waals surface area contributed by atoms with Crippen LogP contribution in [0.15, 0.2) is 12.1 Å². The summed E-state index contributed by atoms with van der Waals surface area (Å²) in [7, 11) is 0. The van der Waals surface area contributed by atoms with E-state index in [1.54, 1.807) is 0 Å². The zero-order valence-electron chi connectivity index (χ0n) is 17.4. The van der Waals surface area contributed by atoms with Crippen molar-refractivity contribution in [2.75, 3.05) is 11.1 Å². The summed E-state index contributed by atoms with van der Waals surface area (Å²) in [6.07, 6.45) is 3.61. The first-order chi connectivity index (χ1) is 14.2. The number of pyridine rings is 1. The molecule has 1 aliphatic carbocycles. The van der Waals surface area contributed by atoms with E-state index in [9.17, 15) is 9.59 Å². The summed E-state index contributed by atoms with van der Waals surface area (Å²) in [5.74, 6) is 0.233. The van der Waals surface area contributed by atoms with Crippen molar-refractivity contribution >= 4 is 55.4 Å². The monoisotopic (exact) mass is 442 g/mol. The first-order valence-electron chi connectivity index (χ1n) is 10.2. The van der Waals surface area contributed by atoms with Gasteiger partial charge in [0.1, 0.15) is 14.7 Å². The lowest BCUT2D eigenvalue weighted by Crippen LogP contribution is -2.19. The van der Waals surface area contributed by atoms with E-state index in [4.69, 9.17) is 11.5 Å². The minimum atomic E-state index is -0.498. The van der Waals surface area contributed by atoms with Crippen LogP contribution in [0.3, 0.4) is 0 Å². The first-order valence-corrected chi connectivity index (χ1v) is 11.8. The molecule has 0 radical (unpaired) electrons. The van der Waals surface area contributed by atoms with Gasteiger partial charge >= 0.3 is 0 Å². The van der Waals surface area contributed by atoms with Crippen molar-refractivity contribution in [3.05, 3.63) is 38.7 Å². The number of nitrogens with one attached hydrogen (secondary N) is 1. The van der Waals surface area contributed by atoms with E-state index in [0.717, 1.165) is 52.0 Å². The number of hydrogen-bond acceptors (Lipinski definition) is 6. The molecule has 3 aromatic heterocycles. The molecule has 8 heteroatoms. The molecule has 4 rings (SSSR count). The maximum Gasteiger partial charge on any atom is 0.268 e. The van der Waals surface area contributed by atoms with Crippen LogP contribution in [0.5, 0.6) is 0 Å². The molecule has 6 nitrogen and oxygen atoms in total. The molecule has 0 aromatic carbocycles. The van der Waals surface area contributed by atoms with E-state index >= 15 is 0 Å². The number of fused-ring (bicyclic) bond motifs is 2. The Morgan fingerprint density at radius 1 is 1.30 bits per heavy atom. The van der Waals surface area contributed by atoms with Gasteiger partial charge in [-0.1, -0.05) is 20.8 Å². The van der Waals surface area contributed by atoms with Crippen LogP contribution in [0, 0.1) is 11.8 Å². The van der Waals surface area contributed by atoms with Gasteiger partial charge in [0.15, 0.2) is 0 Å². The number of carbonyl (C=O) groups excluding carboxylic acids is 2. The van der Waals surface area contributed by atoms with Gasteiger partial charge in [-0.15, -0.1) is 22.7 Å². The van der Waals surface area contributed by atoms with Crippen LogP contribution >= 0.6 is 22.7 Å². The molecule has 0 saturated carbocycles. The Bertz CT molecular complexity index is 1150. The van der Waals surface area contributed by atoms with E-state index in [0.29, 0.717) is 33.0 Å². The molecule has 3 heterocycles. The SMILES string of the molecule is CC(C)Cc1ccc2c(N)c(C(=O)Nc3sc4c(c3C(N)=O)CCC(C)C4)sc2n1. The molecule has 1 atom stereocenters. The Balaban J connectivity index is 1.67. The van der Waals surface area contributed by atoms with Crippen LogP contribution in [0.2, 0.25) is 0 Å². The van der Waals surface area contributed by atoms with Gasteiger partial charge < -0.3 is 16.8 Å². The molecule has 0 fully saturated rings. The van der Waals surface area contributed by atoms with Crippen molar-refractivity contribution in [1.82, 2.24) is 4.98 Å². The molecule has 5 N–H and O–H groups in total. The molecule has 0 aliphatic heterocycles. The maximum absolute atomic E-state index is 13.1. The van der Waals surface area contributed by atoms with Crippen molar-refractivity contribution in [1.29, 1.82) is 0 Å². The first kappa shape index (κ1) is 20.8. The smallest absolute Gasteiger partial charge is 0.268 e. The highest BCUT2D eigenvalue weighted by molar-refractivity contribution is 7.21. The van der Waals surface area contributed by atoms with Crippen molar-refractivity contribution in [3.8, 4) is 0 Å². The average Bonchev–Trinajstić information content (AvgIpc) is 3.18. The van der Waals surface area contributed by atoms with Crippen LogP contribution in [-0.2, 0) is 19.3 Å². The van der Waals surface area contributed by atoms with Gasteiger partial charge in [0.05, 0.1) is 11.3 Å². The molecule has 158 valence electrons. The van der Waals surface area contributed by atoms with E-state index in [1.807, 2.05) is 12.1 Å². The summed E-state index contributed by atoms with van der Waals surface area (Å²) >= 11 is 2.74. The van der Waals surface area contributed by atoms with Crippen LogP contribution in [0.4, 0.5) is 10.7 Å². The molecule has 2 amide bonds. The normalized spacial score (nSPS) is 16.1. The molecule has 30 heavy (non-hydrogen) atoms. The summed E-state index contributed by atoms with van der Waals surface area (Å²) in [5.41, 5.74) is 14.8. The fourth-order valence-electron chi connectivity index (χ4n) is 4.00. The van der Waals surface area contributed by atoms with Crippen molar-refractivity contribution in [3.63, 3.8) is 0 Å². The summed E-state index contributed by atoms with van der Waals surface area (Å²) in [5, 5.41) is 4.22. The zero-order chi connectivity index (χ0) is 21.6. The number of nitrogens with two attached hydrogens (primary N) is 2. The highest BCUT2D eigenvalue weighted by Crippen LogP contribution is 2.40. The number of hydrogen-bond donors (Lipinski definition) is 3. The number of carbonyl (C=O) groups is 2. The van der Waals surface area contributed by atoms with E-state index in [2.05, 4.69) is 31.1 Å². The second-order valence-electron chi connectivity index (χ2n) is 8.47. The van der Waals surface area contributed by atoms with Gasteiger partial charge in [-0.2, -0.15) is 0 Å². The van der Waals surface area contributed by atoms with Crippen LogP contribution in [0.25, 0.3) is 10.2 Å². The summed E-state index contributed by atoms with van der Waals surface area (Å²) in [6.45, 7) is 6.49. The number of anilines is 2. The van der Waals surface area contributed by atoms with Gasteiger partial charge in [-0.25, -0.2) is 4.98 Å². The number of primary amides is 1. The molecule has 0 spiro atoms.